The highest BCUT2D eigenvalue weighted by molar-refractivity contribution is 6.02. The van der Waals surface area contributed by atoms with Crippen LogP contribution < -0.4 is 10.2 Å². The van der Waals surface area contributed by atoms with E-state index in [1.807, 2.05) is 0 Å². The molecule has 1 saturated heterocycles. The number of nitrogens with one attached hydrogen (secondary N) is 1. The molecule has 1 N–H and O–H groups in total. The summed E-state index contributed by atoms with van der Waals surface area (Å²) in [4.78, 5) is 22.6. The SMILES string of the molecule is Cc1cc(NC(=O)c2cc(N3CCCCC3)ncn2)no1. The van der Waals surface area contributed by atoms with Gasteiger partial charge in [0.05, 0.1) is 0 Å². The van der Waals surface area contributed by atoms with Gasteiger partial charge in [0.25, 0.3) is 5.91 Å². The molecule has 0 saturated carbocycles. The molecule has 1 aliphatic rings. The Balaban J connectivity index is 1.74. The summed E-state index contributed by atoms with van der Waals surface area (Å²) in [6.07, 6.45) is 4.99. The Morgan fingerprint density at radius 2 is 2.05 bits per heavy atom. The van der Waals surface area contributed by atoms with Gasteiger partial charge in [0, 0.05) is 25.2 Å². The summed E-state index contributed by atoms with van der Waals surface area (Å²) in [5.74, 6) is 1.51. The zero-order valence-corrected chi connectivity index (χ0v) is 11.9. The summed E-state index contributed by atoms with van der Waals surface area (Å²) >= 11 is 0. The van der Waals surface area contributed by atoms with Crippen molar-refractivity contribution in [2.24, 2.45) is 0 Å². The summed E-state index contributed by atoms with van der Waals surface area (Å²) in [5.41, 5.74) is 0.325. The number of hydrogen-bond acceptors (Lipinski definition) is 6. The van der Waals surface area contributed by atoms with Crippen molar-refractivity contribution in [2.45, 2.75) is 26.2 Å². The Kier molecular flexibility index (Phi) is 3.81. The molecule has 7 heteroatoms. The first-order chi connectivity index (χ1) is 10.2. The van der Waals surface area contributed by atoms with Crippen LogP contribution in [-0.2, 0) is 0 Å². The second-order valence-corrected chi connectivity index (χ2v) is 5.09. The van der Waals surface area contributed by atoms with Gasteiger partial charge >= 0.3 is 0 Å². The lowest BCUT2D eigenvalue weighted by atomic mass is 10.1. The topological polar surface area (TPSA) is 84.2 Å². The molecule has 110 valence electrons. The molecule has 7 nitrogen and oxygen atoms in total. The molecular formula is C14H17N5O2. The van der Waals surface area contributed by atoms with E-state index < -0.39 is 0 Å². The number of rotatable bonds is 3. The van der Waals surface area contributed by atoms with Crippen LogP contribution >= 0.6 is 0 Å². The number of anilines is 2. The van der Waals surface area contributed by atoms with E-state index in [0.717, 1.165) is 31.7 Å². The average molecular weight is 287 g/mol. The van der Waals surface area contributed by atoms with E-state index >= 15 is 0 Å². The third-order valence-corrected chi connectivity index (χ3v) is 3.43. The quantitative estimate of drug-likeness (QED) is 0.929. The molecule has 1 amide bonds. The van der Waals surface area contributed by atoms with E-state index in [2.05, 4.69) is 25.3 Å². The van der Waals surface area contributed by atoms with Crippen molar-refractivity contribution >= 4 is 17.5 Å². The van der Waals surface area contributed by atoms with Gasteiger partial charge in [-0.05, 0) is 26.2 Å². The first-order valence-electron chi connectivity index (χ1n) is 7.04. The summed E-state index contributed by atoms with van der Waals surface area (Å²) in [5, 5.41) is 6.39. The van der Waals surface area contributed by atoms with E-state index in [4.69, 9.17) is 4.52 Å². The van der Waals surface area contributed by atoms with Crippen LogP contribution in [0.15, 0.2) is 23.0 Å². The van der Waals surface area contributed by atoms with Crippen LogP contribution in [0.1, 0.15) is 35.5 Å². The molecular weight excluding hydrogens is 270 g/mol. The summed E-state index contributed by atoms with van der Waals surface area (Å²) in [6, 6.07) is 3.37. The summed E-state index contributed by atoms with van der Waals surface area (Å²) in [6.45, 7) is 3.71. The van der Waals surface area contributed by atoms with Gasteiger partial charge in [-0.3, -0.25) is 4.79 Å². The van der Waals surface area contributed by atoms with E-state index in [-0.39, 0.29) is 5.91 Å². The highest BCUT2D eigenvalue weighted by Crippen LogP contribution is 2.18. The van der Waals surface area contributed by atoms with E-state index in [0.29, 0.717) is 17.3 Å². The predicted molar refractivity (Wildman–Crippen MR) is 77.3 cm³/mol. The lowest BCUT2D eigenvalue weighted by Gasteiger charge is -2.27. The van der Waals surface area contributed by atoms with E-state index in [1.54, 1.807) is 19.1 Å². The Bertz CT molecular complexity index is 634. The monoisotopic (exact) mass is 287 g/mol. The maximum atomic E-state index is 12.2. The van der Waals surface area contributed by atoms with Gasteiger partial charge in [-0.25, -0.2) is 9.97 Å². The molecule has 2 aromatic rings. The van der Waals surface area contributed by atoms with Gasteiger partial charge in [0.1, 0.15) is 23.6 Å². The van der Waals surface area contributed by atoms with Crippen LogP contribution in [0.4, 0.5) is 11.6 Å². The smallest absolute Gasteiger partial charge is 0.275 e. The zero-order valence-electron chi connectivity index (χ0n) is 11.9. The normalized spacial score (nSPS) is 15.0. The number of carbonyl (C=O) groups excluding carboxylic acids is 1. The van der Waals surface area contributed by atoms with Crippen molar-refractivity contribution in [3.8, 4) is 0 Å². The maximum absolute atomic E-state index is 12.2. The molecule has 0 radical (unpaired) electrons. The molecule has 2 aromatic heterocycles. The molecule has 1 fully saturated rings. The van der Waals surface area contributed by atoms with Crippen LogP contribution in [0.3, 0.4) is 0 Å². The molecule has 1 aliphatic heterocycles. The van der Waals surface area contributed by atoms with Crippen LogP contribution in [0.2, 0.25) is 0 Å². The van der Waals surface area contributed by atoms with Crippen LogP contribution in [0.5, 0.6) is 0 Å². The third kappa shape index (κ3) is 3.18. The highest BCUT2D eigenvalue weighted by Gasteiger charge is 2.16. The fraction of sp³-hybridized carbons (Fsp3) is 0.429. The maximum Gasteiger partial charge on any atom is 0.275 e. The summed E-state index contributed by atoms with van der Waals surface area (Å²) < 4.78 is 4.91. The fourth-order valence-electron chi connectivity index (χ4n) is 2.37. The lowest BCUT2D eigenvalue weighted by molar-refractivity contribution is 0.102. The molecule has 0 aromatic carbocycles. The van der Waals surface area contributed by atoms with Crippen molar-refractivity contribution in [1.29, 1.82) is 0 Å². The molecule has 0 spiro atoms. The molecule has 3 heterocycles. The number of aromatic nitrogens is 3. The zero-order chi connectivity index (χ0) is 14.7. The second kappa shape index (κ2) is 5.90. The second-order valence-electron chi connectivity index (χ2n) is 5.09. The first kappa shape index (κ1) is 13.5. The molecule has 0 unspecified atom stereocenters. The molecule has 0 bridgehead atoms. The van der Waals surface area contributed by atoms with Crippen molar-refractivity contribution in [1.82, 2.24) is 15.1 Å². The third-order valence-electron chi connectivity index (χ3n) is 3.43. The number of amides is 1. The summed E-state index contributed by atoms with van der Waals surface area (Å²) in [7, 11) is 0. The van der Waals surface area contributed by atoms with E-state index in [9.17, 15) is 4.79 Å². The van der Waals surface area contributed by atoms with E-state index in [1.165, 1.54) is 12.7 Å². The number of hydrogen-bond donors (Lipinski definition) is 1. The van der Waals surface area contributed by atoms with Crippen molar-refractivity contribution in [3.63, 3.8) is 0 Å². The van der Waals surface area contributed by atoms with Gasteiger partial charge in [-0.2, -0.15) is 0 Å². The van der Waals surface area contributed by atoms with Gasteiger partial charge in [-0.1, -0.05) is 5.16 Å². The Hall–Kier alpha value is -2.44. The minimum absolute atomic E-state index is 0.316. The predicted octanol–water partition coefficient (Wildman–Crippen LogP) is 2.02. The van der Waals surface area contributed by atoms with Crippen LogP contribution in [0.25, 0.3) is 0 Å². The van der Waals surface area contributed by atoms with Crippen LogP contribution in [0, 0.1) is 6.92 Å². The van der Waals surface area contributed by atoms with Crippen LogP contribution in [-0.4, -0.2) is 34.1 Å². The number of nitrogens with zero attached hydrogens (tertiary/aromatic N) is 4. The average Bonchev–Trinajstić information content (AvgIpc) is 2.93. The Morgan fingerprint density at radius 1 is 1.24 bits per heavy atom. The van der Waals surface area contributed by atoms with Gasteiger partial charge in [0.2, 0.25) is 0 Å². The molecule has 3 rings (SSSR count). The van der Waals surface area contributed by atoms with Gasteiger partial charge < -0.3 is 14.7 Å². The van der Waals surface area contributed by atoms with Gasteiger partial charge in [0.15, 0.2) is 5.82 Å². The lowest BCUT2D eigenvalue weighted by Crippen LogP contribution is -2.30. The number of aryl methyl sites for hydroxylation is 1. The number of carbonyl (C=O) groups is 1. The molecule has 21 heavy (non-hydrogen) atoms. The minimum atomic E-state index is -0.316. The molecule has 0 aliphatic carbocycles. The number of piperidine rings is 1. The minimum Gasteiger partial charge on any atom is -0.360 e. The van der Waals surface area contributed by atoms with Crippen molar-refractivity contribution in [3.05, 3.63) is 29.9 Å². The van der Waals surface area contributed by atoms with Crippen molar-refractivity contribution < 1.29 is 9.32 Å². The Morgan fingerprint density at radius 3 is 2.76 bits per heavy atom. The van der Waals surface area contributed by atoms with Crippen molar-refractivity contribution in [2.75, 3.05) is 23.3 Å². The van der Waals surface area contributed by atoms with Gasteiger partial charge in [-0.15, -0.1) is 0 Å². The largest absolute Gasteiger partial charge is 0.360 e. The molecule has 0 atom stereocenters. The fourth-order valence-corrected chi connectivity index (χ4v) is 2.37. The first-order valence-corrected chi connectivity index (χ1v) is 7.04. The standard InChI is InChI=1S/C14H17N5O2/c1-10-7-12(18-21-10)17-14(20)11-8-13(16-9-15-11)19-5-3-2-4-6-19/h7-9H,2-6H2,1H3,(H,17,18,20). The Labute approximate surface area is 122 Å². The highest BCUT2D eigenvalue weighted by atomic mass is 16.5.